The number of aliphatic carboxylic acids is 1. The molecule has 48 heteroatoms. The number of aliphatic hydroxyl groups excluding tert-OH is 6. The number of hydrogen-bond acceptors (Lipinski definition) is 28. The molecule has 0 unspecified atom stereocenters. The van der Waals surface area contributed by atoms with Gasteiger partial charge in [0.25, 0.3) is 0 Å². The molecule has 13 aliphatic heterocycles. The molecule has 0 radical (unpaired) electrons. The van der Waals surface area contributed by atoms with E-state index in [0.29, 0.717) is 51.5 Å². The summed E-state index contributed by atoms with van der Waals surface area (Å²) in [5.41, 5.74) is 0. The van der Waals surface area contributed by atoms with Crippen molar-refractivity contribution in [3.05, 3.63) is 0 Å². The van der Waals surface area contributed by atoms with Gasteiger partial charge in [0, 0.05) is 123 Å². The maximum Gasteiger partial charge on any atom is 0.326 e. The molecule has 13 aliphatic rings. The van der Waals surface area contributed by atoms with Gasteiger partial charge in [0.2, 0.25) is 112 Å². The van der Waals surface area contributed by atoms with E-state index in [1.54, 1.807) is 0 Å². The first-order valence-corrected chi connectivity index (χ1v) is 45.0. The number of nitrogens with one attached hydrogen (secondary N) is 8. The molecule has 13 rings (SSSR count). The second kappa shape index (κ2) is 41.5. The number of likely N-dealkylation sites (tertiary alicyclic amines) is 12. The van der Waals surface area contributed by atoms with Gasteiger partial charge in [-0.1, -0.05) is 0 Å². The summed E-state index contributed by atoms with van der Waals surface area (Å²) in [5.74, 6) is -14.9. The lowest BCUT2D eigenvalue weighted by atomic mass is 10.1. The highest BCUT2D eigenvalue weighted by Gasteiger charge is 2.53. The van der Waals surface area contributed by atoms with Crippen molar-refractivity contribution in [1.82, 2.24) is 101 Å². The maximum atomic E-state index is 14.5. The van der Waals surface area contributed by atoms with Crippen LogP contribution in [-0.2, 0) is 95.9 Å². The summed E-state index contributed by atoms with van der Waals surface area (Å²) >= 11 is 4.22. The molecular formula is C80H116N20O27S. The lowest BCUT2D eigenvalue weighted by Crippen LogP contribution is -2.57. The van der Waals surface area contributed by atoms with Gasteiger partial charge in [-0.25, -0.2) is 4.79 Å². The van der Waals surface area contributed by atoms with Crippen LogP contribution in [0.25, 0.3) is 0 Å². The summed E-state index contributed by atoms with van der Waals surface area (Å²) in [7, 11) is 0. The van der Waals surface area contributed by atoms with Crippen LogP contribution in [0, 0.1) is 0 Å². The predicted octanol–water partition coefficient (Wildman–Crippen LogP) is -12.3. The molecule has 0 spiro atoms. The number of aliphatic hydroxyl groups is 6. The zero-order valence-corrected chi connectivity index (χ0v) is 71.8. The van der Waals surface area contributed by atoms with E-state index in [4.69, 9.17) is 0 Å². The summed E-state index contributed by atoms with van der Waals surface area (Å²) in [6.07, 6.45) is -3.49. The topological polar surface area (TPSA) is 618 Å². The van der Waals surface area contributed by atoms with Crippen molar-refractivity contribution in [2.45, 2.75) is 250 Å². The zero-order valence-electron chi connectivity index (χ0n) is 70.9. The van der Waals surface area contributed by atoms with Gasteiger partial charge in [-0.05, 0) is 96.4 Å². The van der Waals surface area contributed by atoms with Crippen molar-refractivity contribution in [1.29, 1.82) is 0 Å². The SMILES string of the molecule is O=C(NCC(=O)N1CCC[C@H]1C(=O)N1C[C@H](O)C[C@H]1C(=O)O)[C@H](CS)NC(=O)[C@@H]1CCCN1C(=O)CNC(=O)[C@@H]1C[C@@H](O)CN1C(=O)[C@@H]1CCCN1C(=O)CNC(=O)[C@@H]1C[C@@H](O)CN1C(=O)[C@@H]1CCCN1C(=O)CNC(=O)[C@@H]1C[C@@H](O)CN1C(=O)[C@@H]1CCCN1C(=O)CNC(=O)[C@@H]1C[C@@H](O)CN1C(=O)[C@@H]1CCCN1C(=O)CNC(=O)[C@@H]1C[C@@H](O)CN1C(=O)[C@@H]1CCCN1. The first kappa shape index (κ1) is 95.1. The Kier molecular flexibility index (Phi) is 30.8. The minimum Gasteiger partial charge on any atom is -0.480 e. The molecular weight excluding hydrogens is 1710 g/mol. The Morgan fingerprint density at radius 1 is 0.281 bits per heavy atom. The van der Waals surface area contributed by atoms with Crippen molar-refractivity contribution in [3.63, 3.8) is 0 Å². The van der Waals surface area contributed by atoms with Gasteiger partial charge in [-0.3, -0.25) is 91.1 Å². The largest absolute Gasteiger partial charge is 0.480 e. The molecule has 0 saturated carbocycles. The van der Waals surface area contributed by atoms with Gasteiger partial charge in [0.1, 0.15) is 78.5 Å². The fourth-order valence-electron chi connectivity index (χ4n) is 20.6. The first-order chi connectivity index (χ1) is 61.1. The number of amides is 19. The van der Waals surface area contributed by atoms with E-state index < -0.39 is 273 Å². The maximum absolute atomic E-state index is 14.5. The molecule has 20 atom stereocenters. The standard InChI is InChI=1S/C80H116N20O27S/c101-41-22-55(95(34-41)74(120)47-8-1-15-81-47)68(114)84-30-63(109)90-17-3-10-50(90)76(122)97-36-43(103)24-57(97)70(116)86-32-65(111)92-19-5-12-52(92)78(124)99-38-45(105)26-59(99)72(118)87-33-66(112)93-20-6-13-53(93)77(123)98-37-44(104)25-58(98)71(117)85-31-64(110)91-18-4-11-51(91)75(121)96-35-42(102)23-56(96)69(115)83-29-61(107)89-16-2-9-49(89)73(119)88-48(40-128)67(113)82-28-62(108)94-21-7-14-54(94)79(125)100-39-46(106)27-60(100)80(126)127/h41-60,81,101-106,128H,1-40H2,(H,82,113)(H,83,115)(H,84,114)(H,85,117)(H,86,116)(H,87,118)(H,88,119)(H,126,127)/t41-,42-,43-,44-,45-,46-,47+,48+,49+,50+,51+,52+,53+,54+,55+,56+,57+,58+,59+,60+/m1/s1. The van der Waals surface area contributed by atoms with Gasteiger partial charge >= 0.3 is 5.97 Å². The Bertz CT molecular complexity index is 4340. The predicted molar refractivity (Wildman–Crippen MR) is 438 cm³/mol. The fourth-order valence-corrected chi connectivity index (χ4v) is 20.8. The summed E-state index contributed by atoms with van der Waals surface area (Å²) in [4.78, 5) is 289. The third-order valence-electron chi connectivity index (χ3n) is 27.0. The highest BCUT2D eigenvalue weighted by atomic mass is 32.1. The van der Waals surface area contributed by atoms with E-state index in [0.717, 1.165) is 30.9 Å². The molecule has 0 aliphatic carbocycles. The summed E-state index contributed by atoms with van der Waals surface area (Å²) < 4.78 is 0. The Balaban J connectivity index is 0.533. The normalized spacial score (nSPS) is 30.6. The van der Waals surface area contributed by atoms with Crippen molar-refractivity contribution >= 4 is 131 Å². The minimum absolute atomic E-state index is 0.0254. The monoisotopic (exact) mass is 1820 g/mol. The molecule has 19 amide bonds. The van der Waals surface area contributed by atoms with E-state index in [9.17, 15) is 132 Å². The third-order valence-corrected chi connectivity index (χ3v) is 27.4. The number of nitrogens with zero attached hydrogens (tertiary/aromatic N) is 12. The second-order valence-electron chi connectivity index (χ2n) is 35.4. The Hall–Kier alpha value is -10.5. The molecule has 0 aromatic rings. The average molecular weight is 1820 g/mol. The number of carboxylic acids is 1. The van der Waals surface area contributed by atoms with Crippen LogP contribution in [0.4, 0.5) is 0 Å². The second-order valence-corrected chi connectivity index (χ2v) is 35.7. The van der Waals surface area contributed by atoms with Crippen molar-refractivity contribution in [2.75, 3.05) is 130 Å². The van der Waals surface area contributed by atoms with Gasteiger partial charge in [-0.15, -0.1) is 0 Å². The smallest absolute Gasteiger partial charge is 0.326 e. The quantitative estimate of drug-likeness (QED) is 0.0324. The number of thiol groups is 1. The molecule has 13 heterocycles. The molecule has 13 fully saturated rings. The molecule has 13 saturated heterocycles. The number of carbonyl (C=O) groups is 20. The minimum atomic E-state index is -1.34. The van der Waals surface area contributed by atoms with Crippen LogP contribution in [0.5, 0.6) is 0 Å². The number of rotatable bonds is 28. The van der Waals surface area contributed by atoms with Crippen LogP contribution >= 0.6 is 12.6 Å². The molecule has 0 bridgehead atoms. The van der Waals surface area contributed by atoms with Crippen LogP contribution < -0.4 is 42.5 Å². The number of carbonyl (C=O) groups excluding carboxylic acids is 19. The van der Waals surface area contributed by atoms with E-state index in [2.05, 4.69) is 55.2 Å². The Labute approximate surface area is 740 Å². The molecule has 0 aromatic carbocycles. The van der Waals surface area contributed by atoms with Crippen molar-refractivity contribution in [2.24, 2.45) is 0 Å². The number of carboxylic acid groups (broad SMARTS) is 1. The Morgan fingerprint density at radius 3 is 0.766 bits per heavy atom. The van der Waals surface area contributed by atoms with E-state index in [1.165, 1.54) is 34.3 Å². The van der Waals surface area contributed by atoms with Crippen LogP contribution in [-0.4, -0.2) is 464 Å². The average Bonchev–Trinajstić information content (AvgIpc) is 1.69. The van der Waals surface area contributed by atoms with Gasteiger partial charge in [0.05, 0.1) is 81.9 Å². The van der Waals surface area contributed by atoms with E-state index in [-0.39, 0.29) is 167 Å². The third kappa shape index (κ3) is 21.0. The van der Waals surface area contributed by atoms with Crippen LogP contribution in [0.2, 0.25) is 0 Å². The Morgan fingerprint density at radius 2 is 0.516 bits per heavy atom. The summed E-state index contributed by atoms with van der Waals surface area (Å²) in [6.45, 7) is -4.18. The van der Waals surface area contributed by atoms with Gasteiger partial charge < -0.3 is 137 Å². The molecule has 47 nitrogen and oxygen atoms in total. The van der Waals surface area contributed by atoms with E-state index in [1.807, 2.05) is 0 Å². The van der Waals surface area contributed by atoms with E-state index >= 15 is 0 Å². The van der Waals surface area contributed by atoms with Crippen molar-refractivity contribution in [3.8, 4) is 0 Å². The van der Waals surface area contributed by atoms with Gasteiger partial charge in [-0.2, -0.15) is 12.6 Å². The highest BCUT2D eigenvalue weighted by molar-refractivity contribution is 7.80. The molecule has 704 valence electrons. The molecule has 15 N–H and O–H groups in total. The lowest BCUT2D eigenvalue weighted by Gasteiger charge is -2.32. The van der Waals surface area contributed by atoms with Gasteiger partial charge in [0.15, 0.2) is 0 Å². The number of hydrogen-bond donors (Lipinski definition) is 16. The lowest BCUT2D eigenvalue weighted by molar-refractivity contribution is -0.151. The van der Waals surface area contributed by atoms with Crippen molar-refractivity contribution < 1.29 is 132 Å². The van der Waals surface area contributed by atoms with Crippen LogP contribution in [0.15, 0.2) is 0 Å². The molecule has 128 heavy (non-hydrogen) atoms. The van der Waals surface area contributed by atoms with Crippen LogP contribution in [0.1, 0.15) is 128 Å². The first-order valence-electron chi connectivity index (χ1n) is 44.3. The molecule has 0 aromatic heterocycles. The fraction of sp³-hybridized carbons (Fsp3) is 0.750. The zero-order chi connectivity index (χ0) is 92.0. The van der Waals surface area contributed by atoms with Crippen LogP contribution in [0.3, 0.4) is 0 Å². The highest BCUT2D eigenvalue weighted by Crippen LogP contribution is 2.34. The summed E-state index contributed by atoms with van der Waals surface area (Å²) in [5, 5.41) is 94.3. The number of β-amino-alcohol motifs (C(OH)–C–C–N with tert-alkyl or cyclic N) is 6. The summed E-state index contributed by atoms with van der Waals surface area (Å²) in [6, 6.07) is -16.1.